The molecule has 24 heavy (non-hydrogen) atoms. The van der Waals surface area contributed by atoms with Crippen LogP contribution in [0.3, 0.4) is 0 Å². The smallest absolute Gasteiger partial charge is 0.224 e. The third-order valence-electron chi connectivity index (χ3n) is 3.68. The van der Waals surface area contributed by atoms with Crippen LogP contribution in [-0.2, 0) is 24.7 Å². The Labute approximate surface area is 141 Å². The molecule has 1 heterocycles. The third kappa shape index (κ3) is 4.18. The van der Waals surface area contributed by atoms with Crippen LogP contribution in [0.15, 0.2) is 24.5 Å². The van der Waals surface area contributed by atoms with Gasteiger partial charge in [0.25, 0.3) is 0 Å². The van der Waals surface area contributed by atoms with E-state index in [4.69, 9.17) is 14.2 Å². The van der Waals surface area contributed by atoms with Crippen LogP contribution in [-0.4, -0.2) is 43.3 Å². The molecule has 0 bridgehead atoms. The Morgan fingerprint density at radius 3 is 2.33 bits per heavy atom. The van der Waals surface area contributed by atoms with Gasteiger partial charge in [-0.25, -0.2) is 4.98 Å². The largest absolute Gasteiger partial charge is 0.493 e. The highest BCUT2D eigenvalue weighted by Crippen LogP contribution is 2.38. The van der Waals surface area contributed by atoms with E-state index in [9.17, 15) is 4.79 Å². The molecule has 2 aromatic rings. The summed E-state index contributed by atoms with van der Waals surface area (Å²) in [5, 5.41) is 2.90. The normalized spacial score (nSPS) is 10.3. The molecule has 0 aliphatic heterocycles. The van der Waals surface area contributed by atoms with Crippen molar-refractivity contribution in [2.75, 3.05) is 27.9 Å². The number of hydrogen-bond acceptors (Lipinski definition) is 5. The Morgan fingerprint density at radius 1 is 1.17 bits per heavy atom. The number of carbonyl (C=O) groups is 1. The van der Waals surface area contributed by atoms with Gasteiger partial charge < -0.3 is 24.1 Å². The van der Waals surface area contributed by atoms with Crippen LogP contribution in [0.1, 0.15) is 11.4 Å². The Hall–Kier alpha value is -2.70. The van der Waals surface area contributed by atoms with Crippen molar-refractivity contribution in [3.8, 4) is 17.2 Å². The maximum atomic E-state index is 12.1. The lowest BCUT2D eigenvalue weighted by atomic mass is 10.1. The number of carbonyl (C=O) groups excluding carboxylic acids is 1. The average molecular weight is 333 g/mol. The van der Waals surface area contributed by atoms with E-state index in [1.807, 2.05) is 17.8 Å². The fourth-order valence-corrected chi connectivity index (χ4v) is 2.44. The van der Waals surface area contributed by atoms with Crippen molar-refractivity contribution in [1.82, 2.24) is 14.9 Å². The fourth-order valence-electron chi connectivity index (χ4n) is 2.44. The molecule has 0 spiro atoms. The number of nitrogens with one attached hydrogen (secondary N) is 1. The molecule has 1 amide bonds. The Kier molecular flexibility index (Phi) is 6.06. The lowest BCUT2D eigenvalue weighted by molar-refractivity contribution is -0.120. The van der Waals surface area contributed by atoms with Gasteiger partial charge in [0.2, 0.25) is 11.7 Å². The summed E-state index contributed by atoms with van der Waals surface area (Å²) < 4.78 is 17.8. The van der Waals surface area contributed by atoms with E-state index in [0.717, 1.165) is 11.4 Å². The molecule has 0 aliphatic carbocycles. The van der Waals surface area contributed by atoms with E-state index in [-0.39, 0.29) is 12.3 Å². The molecular formula is C17H23N3O4. The molecule has 7 nitrogen and oxygen atoms in total. The summed E-state index contributed by atoms with van der Waals surface area (Å²) in [7, 11) is 6.58. The van der Waals surface area contributed by atoms with Gasteiger partial charge in [-0.05, 0) is 17.7 Å². The van der Waals surface area contributed by atoms with Gasteiger partial charge in [0, 0.05) is 32.4 Å². The summed E-state index contributed by atoms with van der Waals surface area (Å²) in [6.07, 6.45) is 4.54. The van der Waals surface area contributed by atoms with Crippen molar-refractivity contribution in [3.05, 3.63) is 35.9 Å². The summed E-state index contributed by atoms with van der Waals surface area (Å²) >= 11 is 0. The number of amides is 1. The van der Waals surface area contributed by atoms with E-state index in [1.54, 1.807) is 39.7 Å². The Bertz CT molecular complexity index is 672. The zero-order chi connectivity index (χ0) is 17.5. The molecule has 0 aliphatic rings. The molecule has 0 saturated carbocycles. The molecule has 130 valence electrons. The molecule has 0 atom stereocenters. The van der Waals surface area contributed by atoms with Crippen LogP contribution in [0.4, 0.5) is 0 Å². The summed E-state index contributed by atoms with van der Waals surface area (Å²) in [5.41, 5.74) is 0.791. The minimum atomic E-state index is -0.0708. The maximum Gasteiger partial charge on any atom is 0.224 e. The van der Waals surface area contributed by atoms with Gasteiger partial charge >= 0.3 is 0 Å². The first-order chi connectivity index (χ1) is 11.6. The molecule has 2 rings (SSSR count). The predicted molar refractivity (Wildman–Crippen MR) is 89.7 cm³/mol. The monoisotopic (exact) mass is 333 g/mol. The number of imidazole rings is 1. The highest BCUT2D eigenvalue weighted by Gasteiger charge is 2.14. The summed E-state index contributed by atoms with van der Waals surface area (Å²) in [6, 6.07) is 3.55. The Balaban J connectivity index is 1.97. The second-order valence-electron chi connectivity index (χ2n) is 5.26. The highest BCUT2D eigenvalue weighted by molar-refractivity contribution is 5.79. The summed E-state index contributed by atoms with van der Waals surface area (Å²) in [4.78, 5) is 16.4. The quantitative estimate of drug-likeness (QED) is 0.789. The van der Waals surface area contributed by atoms with Crippen molar-refractivity contribution in [2.45, 2.75) is 12.8 Å². The number of nitrogens with zero attached hydrogens (tertiary/aromatic N) is 2. The molecular weight excluding hydrogens is 310 g/mol. The van der Waals surface area contributed by atoms with E-state index < -0.39 is 0 Å². The molecule has 1 aromatic carbocycles. The third-order valence-corrected chi connectivity index (χ3v) is 3.68. The van der Waals surface area contributed by atoms with E-state index in [0.29, 0.717) is 30.2 Å². The SMILES string of the molecule is COc1cc(CC(=O)NCCc2nccn2C)cc(OC)c1OC. The summed E-state index contributed by atoms with van der Waals surface area (Å²) in [6.45, 7) is 0.536. The first-order valence-electron chi connectivity index (χ1n) is 7.60. The van der Waals surface area contributed by atoms with Crippen molar-refractivity contribution in [3.63, 3.8) is 0 Å². The van der Waals surface area contributed by atoms with Crippen molar-refractivity contribution in [2.24, 2.45) is 7.05 Å². The molecule has 0 fully saturated rings. The first-order valence-corrected chi connectivity index (χ1v) is 7.60. The van der Waals surface area contributed by atoms with Gasteiger partial charge in [-0.1, -0.05) is 0 Å². The second-order valence-corrected chi connectivity index (χ2v) is 5.26. The minimum Gasteiger partial charge on any atom is -0.493 e. The number of aromatic nitrogens is 2. The second kappa shape index (κ2) is 8.24. The van der Waals surface area contributed by atoms with Crippen LogP contribution in [0.2, 0.25) is 0 Å². The van der Waals surface area contributed by atoms with Crippen LogP contribution >= 0.6 is 0 Å². The van der Waals surface area contributed by atoms with E-state index >= 15 is 0 Å². The van der Waals surface area contributed by atoms with Gasteiger partial charge in [0.15, 0.2) is 11.5 Å². The van der Waals surface area contributed by atoms with Crippen LogP contribution in [0.25, 0.3) is 0 Å². The number of benzene rings is 1. The zero-order valence-corrected chi connectivity index (χ0v) is 14.5. The number of aryl methyl sites for hydroxylation is 1. The number of ether oxygens (including phenoxy) is 3. The molecule has 0 unspecified atom stereocenters. The van der Waals surface area contributed by atoms with Crippen LogP contribution < -0.4 is 19.5 Å². The first kappa shape index (κ1) is 17.7. The van der Waals surface area contributed by atoms with Gasteiger partial charge in [-0.2, -0.15) is 0 Å². The number of rotatable bonds is 8. The predicted octanol–water partition coefficient (Wildman–Crippen LogP) is 1.35. The fraction of sp³-hybridized carbons (Fsp3) is 0.412. The molecule has 1 aromatic heterocycles. The molecule has 0 saturated heterocycles. The van der Waals surface area contributed by atoms with E-state index in [2.05, 4.69) is 10.3 Å². The van der Waals surface area contributed by atoms with Gasteiger partial charge in [0.05, 0.1) is 27.8 Å². The molecule has 0 radical (unpaired) electrons. The lowest BCUT2D eigenvalue weighted by Gasteiger charge is -2.14. The van der Waals surface area contributed by atoms with Gasteiger partial charge in [-0.3, -0.25) is 4.79 Å². The maximum absolute atomic E-state index is 12.1. The van der Waals surface area contributed by atoms with Gasteiger partial charge in [0.1, 0.15) is 5.82 Å². The molecule has 1 N–H and O–H groups in total. The van der Waals surface area contributed by atoms with Crippen molar-refractivity contribution < 1.29 is 19.0 Å². The van der Waals surface area contributed by atoms with Crippen molar-refractivity contribution in [1.29, 1.82) is 0 Å². The zero-order valence-electron chi connectivity index (χ0n) is 14.5. The topological polar surface area (TPSA) is 74.6 Å². The van der Waals surface area contributed by atoms with E-state index in [1.165, 1.54) is 0 Å². The molecule has 7 heteroatoms. The van der Waals surface area contributed by atoms with Gasteiger partial charge in [-0.15, -0.1) is 0 Å². The minimum absolute atomic E-state index is 0.0708. The van der Waals surface area contributed by atoms with Crippen LogP contribution in [0, 0.1) is 0 Å². The lowest BCUT2D eigenvalue weighted by Crippen LogP contribution is -2.27. The van der Waals surface area contributed by atoms with Crippen LogP contribution in [0.5, 0.6) is 17.2 Å². The number of methoxy groups -OCH3 is 3. The number of hydrogen-bond donors (Lipinski definition) is 1. The summed E-state index contributed by atoms with van der Waals surface area (Å²) in [5.74, 6) is 2.45. The highest BCUT2D eigenvalue weighted by atomic mass is 16.5. The van der Waals surface area contributed by atoms with Crippen molar-refractivity contribution >= 4 is 5.91 Å². The standard InChI is InChI=1S/C17H23N3O4/c1-20-8-7-18-15(20)5-6-19-16(21)11-12-9-13(22-2)17(24-4)14(10-12)23-3/h7-10H,5-6,11H2,1-4H3,(H,19,21). The average Bonchev–Trinajstić information content (AvgIpc) is 2.99. The Morgan fingerprint density at radius 2 is 1.83 bits per heavy atom.